The van der Waals surface area contributed by atoms with E-state index in [9.17, 15) is 35.8 Å². The van der Waals surface area contributed by atoms with E-state index in [1.165, 1.54) is 37.5 Å². The van der Waals surface area contributed by atoms with Gasteiger partial charge < -0.3 is 19.5 Å². The summed E-state index contributed by atoms with van der Waals surface area (Å²) < 4.78 is 106. The molecule has 14 heteroatoms. The Balaban J connectivity index is 1.78. The third-order valence-corrected chi connectivity index (χ3v) is 5.91. The zero-order valence-corrected chi connectivity index (χ0v) is 19.1. The molecule has 0 bridgehead atoms. The van der Waals surface area contributed by atoms with E-state index in [4.69, 9.17) is 9.47 Å². The zero-order chi connectivity index (χ0) is 27.0. The number of alkyl halides is 6. The lowest BCUT2D eigenvalue weighted by Crippen LogP contribution is -2.55. The molecular formula is C23H21F7N4O3. The molecule has 3 atom stereocenters. The van der Waals surface area contributed by atoms with Crippen LogP contribution in [0.2, 0.25) is 0 Å². The molecule has 1 saturated heterocycles. The Morgan fingerprint density at radius 3 is 2.24 bits per heavy atom. The molecule has 200 valence electrons. The molecule has 0 saturated carbocycles. The summed E-state index contributed by atoms with van der Waals surface area (Å²) in [6.07, 6.45) is -10.6. The highest BCUT2D eigenvalue weighted by molar-refractivity contribution is 5.39. The number of morpholine rings is 1. The van der Waals surface area contributed by atoms with Crippen molar-refractivity contribution in [3.05, 3.63) is 76.9 Å². The summed E-state index contributed by atoms with van der Waals surface area (Å²) in [5.74, 6) is -2.01. The summed E-state index contributed by atoms with van der Waals surface area (Å²) >= 11 is 0. The Morgan fingerprint density at radius 1 is 1.11 bits per heavy atom. The van der Waals surface area contributed by atoms with Gasteiger partial charge in [0.05, 0.1) is 24.3 Å². The summed E-state index contributed by atoms with van der Waals surface area (Å²) in [6, 6.07) is 5.26. The lowest BCUT2D eigenvalue weighted by Gasteiger charge is -2.48. The predicted molar refractivity (Wildman–Crippen MR) is 115 cm³/mol. The zero-order valence-electron chi connectivity index (χ0n) is 19.1. The number of aromatic amines is 1. The largest absolute Gasteiger partial charge is 0.416 e. The molecule has 0 unspecified atom stereocenters. The molecule has 2 N–H and O–H groups in total. The predicted octanol–water partition coefficient (Wildman–Crippen LogP) is 5.03. The second kappa shape index (κ2) is 9.91. The fraction of sp³-hybridized carbons (Fsp3) is 0.391. The Morgan fingerprint density at radius 2 is 1.73 bits per heavy atom. The minimum absolute atomic E-state index is 0.0102. The van der Waals surface area contributed by atoms with Gasteiger partial charge in [0.2, 0.25) is 5.95 Å². The van der Waals surface area contributed by atoms with Gasteiger partial charge in [0.25, 0.3) is 0 Å². The summed E-state index contributed by atoms with van der Waals surface area (Å²) in [6.45, 7) is 0.714. The lowest BCUT2D eigenvalue weighted by molar-refractivity contribution is -0.278. The molecule has 37 heavy (non-hydrogen) atoms. The van der Waals surface area contributed by atoms with Crippen molar-refractivity contribution in [1.82, 2.24) is 15.2 Å². The van der Waals surface area contributed by atoms with Gasteiger partial charge in [-0.25, -0.2) is 9.49 Å². The number of ether oxygens (including phenoxy) is 2. The monoisotopic (exact) mass is 534 g/mol. The highest BCUT2D eigenvalue weighted by Crippen LogP contribution is 2.44. The molecule has 1 aliphatic heterocycles. The normalized spacial score (nSPS) is 21.8. The maximum absolute atomic E-state index is 13.6. The third-order valence-electron chi connectivity index (χ3n) is 5.91. The van der Waals surface area contributed by atoms with Crippen LogP contribution in [0.25, 0.3) is 0 Å². The highest BCUT2D eigenvalue weighted by atomic mass is 19.4. The minimum Gasteiger partial charge on any atom is -0.393 e. The number of hydrogen-bond donors (Lipinski definition) is 2. The van der Waals surface area contributed by atoms with Crippen molar-refractivity contribution in [3.63, 3.8) is 0 Å². The van der Waals surface area contributed by atoms with Gasteiger partial charge in [0, 0.05) is 6.54 Å². The van der Waals surface area contributed by atoms with Crippen molar-refractivity contribution in [2.24, 2.45) is 0 Å². The van der Waals surface area contributed by atoms with Gasteiger partial charge in [-0.2, -0.15) is 36.4 Å². The fourth-order valence-electron chi connectivity index (χ4n) is 4.29. The van der Waals surface area contributed by atoms with E-state index in [0.29, 0.717) is 17.7 Å². The highest BCUT2D eigenvalue weighted by Gasteiger charge is 2.48. The first kappa shape index (κ1) is 26.8. The van der Waals surface area contributed by atoms with Crippen molar-refractivity contribution >= 4 is 5.95 Å². The number of nitrogens with zero attached hydrogens (tertiary/aromatic N) is 3. The van der Waals surface area contributed by atoms with E-state index in [1.807, 2.05) is 0 Å². The second-order valence-electron chi connectivity index (χ2n) is 8.45. The van der Waals surface area contributed by atoms with E-state index in [0.717, 1.165) is 0 Å². The number of H-pyrrole nitrogens is 1. The summed E-state index contributed by atoms with van der Waals surface area (Å²) in [4.78, 5) is 5.77. The average molecular weight is 534 g/mol. The van der Waals surface area contributed by atoms with Crippen LogP contribution in [-0.4, -0.2) is 45.8 Å². The van der Waals surface area contributed by atoms with Crippen molar-refractivity contribution in [1.29, 1.82) is 0 Å². The first-order valence-electron chi connectivity index (χ1n) is 10.9. The van der Waals surface area contributed by atoms with Crippen molar-refractivity contribution < 1.29 is 45.3 Å². The van der Waals surface area contributed by atoms with Crippen LogP contribution in [0, 0.1) is 5.82 Å². The number of halogens is 7. The molecule has 0 radical (unpaired) electrons. The smallest absolute Gasteiger partial charge is 0.393 e. The standard InChI is InChI=1S/C23H21F7N4O3/c1-21(37-18(11-35)14-8-15(22(25,26)27)10-16(9-14)23(28,29)30)19(13-2-4-17(24)5-3-13)34(6-7-36-21)20-31-12-32-33-20/h2-5,8-10,12,18-19,35H,6-7,11H2,1H3,(H,31,32,33)/t18-,19+,21-/m1/s1. The summed E-state index contributed by atoms with van der Waals surface area (Å²) in [5, 5.41) is 16.5. The van der Waals surface area contributed by atoms with Crippen LogP contribution in [0.4, 0.5) is 36.7 Å². The SMILES string of the molecule is C[C@]1(O[C@H](CO)c2cc(C(F)(F)F)cc(C(F)(F)F)c2)OCCN(c2ncn[nH]2)[C@H]1c1ccc(F)cc1. The van der Waals surface area contributed by atoms with Crippen LogP contribution < -0.4 is 4.90 Å². The lowest BCUT2D eigenvalue weighted by atomic mass is 9.95. The average Bonchev–Trinajstić information content (AvgIpc) is 3.37. The van der Waals surface area contributed by atoms with Gasteiger partial charge in [0.15, 0.2) is 5.79 Å². The van der Waals surface area contributed by atoms with Crippen LogP contribution in [0.3, 0.4) is 0 Å². The van der Waals surface area contributed by atoms with Crippen LogP contribution in [0.5, 0.6) is 0 Å². The van der Waals surface area contributed by atoms with E-state index >= 15 is 0 Å². The first-order valence-corrected chi connectivity index (χ1v) is 10.9. The molecule has 7 nitrogen and oxygen atoms in total. The number of rotatable bonds is 6. The first-order chi connectivity index (χ1) is 17.3. The number of anilines is 1. The molecule has 4 rings (SSSR count). The van der Waals surface area contributed by atoms with Gasteiger partial charge in [0.1, 0.15) is 24.3 Å². The molecule has 2 aromatic carbocycles. The topological polar surface area (TPSA) is 83.5 Å². The summed E-state index contributed by atoms with van der Waals surface area (Å²) in [7, 11) is 0. The number of hydrogen-bond acceptors (Lipinski definition) is 6. The van der Waals surface area contributed by atoms with Gasteiger partial charge in [-0.1, -0.05) is 12.1 Å². The van der Waals surface area contributed by atoms with E-state index in [2.05, 4.69) is 15.2 Å². The van der Waals surface area contributed by atoms with Crippen molar-refractivity contribution in [2.45, 2.75) is 37.2 Å². The van der Waals surface area contributed by atoms with Gasteiger partial charge >= 0.3 is 12.4 Å². The van der Waals surface area contributed by atoms with E-state index in [1.54, 1.807) is 4.90 Å². The van der Waals surface area contributed by atoms with E-state index < -0.39 is 59.4 Å². The quantitative estimate of drug-likeness (QED) is 0.432. The third kappa shape index (κ3) is 5.70. The van der Waals surface area contributed by atoms with Crippen molar-refractivity contribution in [2.75, 3.05) is 24.7 Å². The fourth-order valence-corrected chi connectivity index (χ4v) is 4.29. The number of aromatic nitrogens is 3. The van der Waals surface area contributed by atoms with Crippen molar-refractivity contribution in [3.8, 4) is 0 Å². The maximum atomic E-state index is 13.6. The van der Waals surface area contributed by atoms with Gasteiger partial charge in [-0.3, -0.25) is 0 Å². The summed E-state index contributed by atoms with van der Waals surface area (Å²) in [5.41, 5.74) is -3.21. The van der Waals surface area contributed by atoms with Gasteiger partial charge in [-0.05, 0) is 48.4 Å². The van der Waals surface area contributed by atoms with Crippen LogP contribution in [0.1, 0.15) is 41.3 Å². The Bertz CT molecular complexity index is 1170. The molecule has 0 spiro atoms. The molecule has 2 heterocycles. The molecule has 1 aliphatic rings. The minimum atomic E-state index is -5.08. The molecular weight excluding hydrogens is 513 g/mol. The molecule has 1 fully saturated rings. The number of nitrogens with one attached hydrogen (secondary N) is 1. The van der Waals surface area contributed by atoms with Crippen LogP contribution >= 0.6 is 0 Å². The molecule has 0 amide bonds. The molecule has 1 aromatic heterocycles. The number of benzene rings is 2. The Kier molecular flexibility index (Phi) is 7.18. The Hall–Kier alpha value is -3.23. The van der Waals surface area contributed by atoms with Crippen LogP contribution in [-0.2, 0) is 21.8 Å². The molecule has 0 aliphatic carbocycles. The second-order valence-corrected chi connectivity index (χ2v) is 8.45. The molecule has 3 aromatic rings. The van der Waals surface area contributed by atoms with Gasteiger partial charge in [-0.15, -0.1) is 0 Å². The van der Waals surface area contributed by atoms with E-state index in [-0.39, 0.29) is 25.2 Å². The number of aliphatic hydroxyl groups is 1. The number of aliphatic hydroxyl groups excluding tert-OH is 1. The van der Waals surface area contributed by atoms with Crippen LogP contribution in [0.15, 0.2) is 48.8 Å². The Labute approximate surface area is 205 Å². The maximum Gasteiger partial charge on any atom is 0.416 e.